The van der Waals surface area contributed by atoms with E-state index in [1.54, 1.807) is 16.9 Å². The van der Waals surface area contributed by atoms with Gasteiger partial charge in [-0.05, 0) is 36.6 Å². The molecule has 1 aromatic heterocycles. The minimum absolute atomic E-state index is 0.225. The maximum absolute atomic E-state index is 13.4. The van der Waals surface area contributed by atoms with Crippen LogP contribution in [0.15, 0.2) is 36.7 Å². The first kappa shape index (κ1) is 13.1. The number of halogens is 1. The summed E-state index contributed by atoms with van der Waals surface area (Å²) in [6.07, 6.45) is 5.00. The van der Waals surface area contributed by atoms with Crippen molar-refractivity contribution in [3.8, 4) is 0 Å². The topological polar surface area (TPSA) is 41.3 Å². The molecule has 20 heavy (non-hydrogen) atoms. The molecule has 1 aliphatic rings. The van der Waals surface area contributed by atoms with Crippen molar-refractivity contribution in [1.29, 1.82) is 0 Å². The number of aliphatic hydroxyl groups is 1. The number of hydrogen-bond donors (Lipinski definition) is 1. The number of nitrogens with zero attached hydrogens (tertiary/aromatic N) is 3. The maximum Gasteiger partial charge on any atom is 0.125 e. The second kappa shape index (κ2) is 5.63. The van der Waals surface area contributed by atoms with Crippen LogP contribution in [-0.2, 0) is 13.0 Å². The Morgan fingerprint density at radius 2 is 2.25 bits per heavy atom. The minimum Gasteiger partial charge on any atom is -0.389 e. The predicted octanol–water partition coefficient (Wildman–Crippen LogP) is 1.84. The predicted molar refractivity (Wildman–Crippen MR) is 75.2 cm³/mol. The lowest BCUT2D eigenvalue weighted by Gasteiger charge is -2.32. The van der Waals surface area contributed by atoms with Crippen molar-refractivity contribution in [2.24, 2.45) is 0 Å². The Balaban J connectivity index is 1.71. The van der Waals surface area contributed by atoms with Crippen LogP contribution in [0.2, 0.25) is 0 Å². The molecule has 3 rings (SSSR count). The zero-order valence-electron chi connectivity index (χ0n) is 11.2. The summed E-state index contributed by atoms with van der Waals surface area (Å²) in [5.41, 5.74) is 2.07. The molecule has 1 N–H and O–H groups in total. The van der Waals surface area contributed by atoms with Crippen LogP contribution in [0, 0.1) is 5.82 Å². The summed E-state index contributed by atoms with van der Waals surface area (Å²) >= 11 is 0. The van der Waals surface area contributed by atoms with E-state index in [0.717, 1.165) is 30.6 Å². The van der Waals surface area contributed by atoms with E-state index < -0.39 is 6.10 Å². The molecule has 0 amide bonds. The van der Waals surface area contributed by atoms with Gasteiger partial charge in [-0.25, -0.2) is 4.39 Å². The van der Waals surface area contributed by atoms with Crippen LogP contribution in [0.4, 0.5) is 10.1 Å². The zero-order valence-corrected chi connectivity index (χ0v) is 11.2. The first-order valence-corrected chi connectivity index (χ1v) is 6.91. The fraction of sp³-hybridized carbons (Fsp3) is 0.400. The van der Waals surface area contributed by atoms with Gasteiger partial charge in [0.05, 0.1) is 12.6 Å². The fourth-order valence-electron chi connectivity index (χ4n) is 2.75. The Bertz CT molecular complexity index is 571. The van der Waals surface area contributed by atoms with Gasteiger partial charge in [0.1, 0.15) is 5.82 Å². The molecule has 0 radical (unpaired) electrons. The molecule has 1 aliphatic heterocycles. The highest BCUT2D eigenvalue weighted by atomic mass is 19.1. The summed E-state index contributed by atoms with van der Waals surface area (Å²) in [7, 11) is 0. The van der Waals surface area contributed by atoms with Crippen molar-refractivity contribution in [3.05, 3.63) is 48.0 Å². The van der Waals surface area contributed by atoms with Gasteiger partial charge in [-0.15, -0.1) is 0 Å². The van der Waals surface area contributed by atoms with Gasteiger partial charge in [-0.1, -0.05) is 6.07 Å². The molecule has 0 aliphatic carbocycles. The van der Waals surface area contributed by atoms with Crippen molar-refractivity contribution < 1.29 is 9.50 Å². The maximum atomic E-state index is 13.4. The van der Waals surface area contributed by atoms with Crippen LogP contribution in [0.3, 0.4) is 0 Å². The normalized spacial score (nSPS) is 16.0. The van der Waals surface area contributed by atoms with Crippen LogP contribution in [0.5, 0.6) is 0 Å². The molecular weight excluding hydrogens is 257 g/mol. The van der Waals surface area contributed by atoms with Gasteiger partial charge >= 0.3 is 0 Å². The first-order valence-electron chi connectivity index (χ1n) is 6.91. The van der Waals surface area contributed by atoms with E-state index in [-0.39, 0.29) is 5.82 Å². The summed E-state index contributed by atoms with van der Waals surface area (Å²) in [5, 5.41) is 14.3. The quantitative estimate of drug-likeness (QED) is 0.925. The Morgan fingerprint density at radius 3 is 3.05 bits per heavy atom. The van der Waals surface area contributed by atoms with E-state index in [4.69, 9.17) is 0 Å². The number of rotatable bonds is 4. The molecule has 5 heteroatoms. The third-order valence-corrected chi connectivity index (χ3v) is 3.65. The zero-order chi connectivity index (χ0) is 13.9. The summed E-state index contributed by atoms with van der Waals surface area (Å²) < 4.78 is 15.1. The molecule has 0 unspecified atom stereocenters. The average molecular weight is 275 g/mol. The van der Waals surface area contributed by atoms with E-state index in [9.17, 15) is 9.50 Å². The number of aliphatic hydroxyl groups excluding tert-OH is 1. The molecule has 0 saturated heterocycles. The Kier molecular flexibility index (Phi) is 3.69. The number of benzene rings is 1. The number of hydrogen-bond acceptors (Lipinski definition) is 3. The van der Waals surface area contributed by atoms with Crippen LogP contribution < -0.4 is 4.90 Å². The third-order valence-electron chi connectivity index (χ3n) is 3.65. The standard InChI is InChI=1S/C15H18FN3O/c16-13-5-4-12-3-1-7-18(15(12)9-13)10-14(20)11-19-8-2-6-17-19/h2,4-6,8-9,14,20H,1,3,7,10-11H2/t14-/m0/s1. The molecule has 0 bridgehead atoms. The summed E-state index contributed by atoms with van der Waals surface area (Å²) in [6.45, 7) is 1.80. The molecule has 0 fully saturated rings. The highest BCUT2D eigenvalue weighted by Gasteiger charge is 2.20. The summed E-state index contributed by atoms with van der Waals surface area (Å²) in [5.74, 6) is -0.225. The largest absolute Gasteiger partial charge is 0.389 e. The smallest absolute Gasteiger partial charge is 0.125 e. The van der Waals surface area contributed by atoms with Gasteiger partial charge in [0.25, 0.3) is 0 Å². The molecule has 0 spiro atoms. The average Bonchev–Trinajstić information content (AvgIpc) is 2.92. The van der Waals surface area contributed by atoms with Crippen molar-refractivity contribution in [2.45, 2.75) is 25.5 Å². The number of aromatic nitrogens is 2. The molecule has 1 atom stereocenters. The van der Waals surface area contributed by atoms with Crippen LogP contribution in [0.25, 0.3) is 0 Å². The molecule has 106 valence electrons. The summed E-state index contributed by atoms with van der Waals surface area (Å²) in [4.78, 5) is 2.07. The monoisotopic (exact) mass is 275 g/mol. The van der Waals surface area contributed by atoms with Crippen molar-refractivity contribution in [3.63, 3.8) is 0 Å². The SMILES string of the molecule is O[C@@H](CN1CCCc2ccc(F)cc21)Cn1cccn1. The van der Waals surface area contributed by atoms with Gasteiger partial charge in [0.2, 0.25) is 0 Å². The number of fused-ring (bicyclic) bond motifs is 1. The first-order chi connectivity index (χ1) is 9.72. The van der Waals surface area contributed by atoms with Crippen molar-refractivity contribution >= 4 is 5.69 Å². The fourth-order valence-corrected chi connectivity index (χ4v) is 2.75. The highest BCUT2D eigenvalue weighted by Crippen LogP contribution is 2.27. The molecule has 2 aromatic rings. The van der Waals surface area contributed by atoms with E-state index in [1.807, 2.05) is 18.3 Å². The van der Waals surface area contributed by atoms with Crippen LogP contribution >= 0.6 is 0 Å². The third kappa shape index (κ3) is 2.82. The summed E-state index contributed by atoms with van der Waals surface area (Å²) in [6, 6.07) is 6.74. The van der Waals surface area contributed by atoms with Crippen LogP contribution in [-0.4, -0.2) is 34.1 Å². The van der Waals surface area contributed by atoms with Crippen LogP contribution in [0.1, 0.15) is 12.0 Å². The molecule has 4 nitrogen and oxygen atoms in total. The number of anilines is 1. The second-order valence-electron chi connectivity index (χ2n) is 5.20. The van der Waals surface area contributed by atoms with Gasteiger partial charge in [-0.3, -0.25) is 4.68 Å². The Hall–Kier alpha value is -1.88. The van der Waals surface area contributed by atoms with Crippen molar-refractivity contribution in [1.82, 2.24) is 9.78 Å². The van der Waals surface area contributed by atoms with Gasteiger partial charge in [0.15, 0.2) is 0 Å². The van der Waals surface area contributed by atoms with Gasteiger partial charge < -0.3 is 10.0 Å². The lowest BCUT2D eigenvalue weighted by Crippen LogP contribution is -2.38. The minimum atomic E-state index is -0.524. The van der Waals surface area contributed by atoms with E-state index in [0.29, 0.717) is 13.1 Å². The second-order valence-corrected chi connectivity index (χ2v) is 5.20. The van der Waals surface area contributed by atoms with Gasteiger partial charge in [-0.2, -0.15) is 5.10 Å². The lowest BCUT2D eigenvalue weighted by molar-refractivity contribution is 0.154. The van der Waals surface area contributed by atoms with E-state index in [1.165, 1.54) is 6.07 Å². The molecule has 1 aromatic carbocycles. The Morgan fingerprint density at radius 1 is 1.35 bits per heavy atom. The number of aryl methyl sites for hydroxylation is 1. The van der Waals surface area contributed by atoms with E-state index >= 15 is 0 Å². The number of β-amino-alcohol motifs (C(OH)–C–C–N with tert-alkyl or cyclic N) is 1. The van der Waals surface area contributed by atoms with Crippen molar-refractivity contribution in [2.75, 3.05) is 18.0 Å². The lowest BCUT2D eigenvalue weighted by atomic mass is 10.0. The molecule has 2 heterocycles. The highest BCUT2D eigenvalue weighted by molar-refractivity contribution is 5.55. The Labute approximate surface area is 117 Å². The molecular formula is C15H18FN3O. The van der Waals surface area contributed by atoms with E-state index in [2.05, 4.69) is 10.00 Å². The molecule has 0 saturated carbocycles. The van der Waals surface area contributed by atoms with Gasteiger partial charge in [0, 0.05) is 31.2 Å².